The standard InChI is InChI=1S/C14H22N2O3/c1-11-12(6-5-7-13(11)16(17)18)10-15-8-9-19-14(2,3)4/h5-7,15H,8-10H2,1-4H3. The Labute approximate surface area is 114 Å². The van der Waals surface area contributed by atoms with Crippen molar-refractivity contribution >= 4 is 5.69 Å². The van der Waals surface area contributed by atoms with Gasteiger partial charge in [-0.2, -0.15) is 0 Å². The van der Waals surface area contributed by atoms with Crippen LogP contribution in [-0.4, -0.2) is 23.7 Å². The molecule has 1 rings (SSSR count). The van der Waals surface area contributed by atoms with E-state index in [2.05, 4.69) is 5.32 Å². The normalized spacial score (nSPS) is 11.6. The molecule has 0 aliphatic rings. The summed E-state index contributed by atoms with van der Waals surface area (Å²) in [4.78, 5) is 10.5. The van der Waals surface area contributed by atoms with Gasteiger partial charge in [0.15, 0.2) is 0 Å². The molecule has 0 atom stereocenters. The maximum absolute atomic E-state index is 10.8. The van der Waals surface area contributed by atoms with Crippen LogP contribution < -0.4 is 5.32 Å². The molecule has 0 aliphatic carbocycles. The molecule has 0 aromatic heterocycles. The van der Waals surface area contributed by atoms with Crippen LogP contribution in [0.4, 0.5) is 5.69 Å². The monoisotopic (exact) mass is 266 g/mol. The number of benzene rings is 1. The number of nitrogens with one attached hydrogen (secondary N) is 1. The summed E-state index contributed by atoms with van der Waals surface area (Å²) in [6.07, 6.45) is 0. The fourth-order valence-electron chi connectivity index (χ4n) is 1.71. The van der Waals surface area contributed by atoms with Crippen LogP contribution in [0.25, 0.3) is 0 Å². The molecule has 0 radical (unpaired) electrons. The quantitative estimate of drug-likeness (QED) is 0.488. The molecule has 0 saturated carbocycles. The predicted molar refractivity (Wildman–Crippen MR) is 75.2 cm³/mol. The molecule has 19 heavy (non-hydrogen) atoms. The van der Waals surface area contributed by atoms with Gasteiger partial charge in [0.2, 0.25) is 0 Å². The molecule has 0 aliphatic heterocycles. The lowest BCUT2D eigenvalue weighted by Crippen LogP contribution is -2.26. The highest BCUT2D eigenvalue weighted by Gasteiger charge is 2.13. The largest absolute Gasteiger partial charge is 0.375 e. The molecule has 0 spiro atoms. The van der Waals surface area contributed by atoms with Gasteiger partial charge >= 0.3 is 0 Å². The van der Waals surface area contributed by atoms with Crippen LogP contribution in [0, 0.1) is 17.0 Å². The van der Waals surface area contributed by atoms with Crippen molar-refractivity contribution in [2.75, 3.05) is 13.2 Å². The van der Waals surface area contributed by atoms with Gasteiger partial charge in [-0.25, -0.2) is 0 Å². The number of ether oxygens (including phenoxy) is 1. The van der Waals surface area contributed by atoms with Gasteiger partial charge in [0.1, 0.15) is 0 Å². The molecular weight excluding hydrogens is 244 g/mol. The third kappa shape index (κ3) is 5.36. The molecule has 0 saturated heterocycles. The summed E-state index contributed by atoms with van der Waals surface area (Å²) in [7, 11) is 0. The Kier molecular flexibility index (Phi) is 5.44. The second-order valence-corrected chi connectivity index (χ2v) is 5.46. The maximum Gasteiger partial charge on any atom is 0.272 e. The summed E-state index contributed by atoms with van der Waals surface area (Å²) in [5, 5.41) is 14.1. The lowest BCUT2D eigenvalue weighted by Gasteiger charge is -2.19. The number of nitrogens with zero attached hydrogens (tertiary/aromatic N) is 1. The lowest BCUT2D eigenvalue weighted by atomic mass is 10.1. The molecule has 1 N–H and O–H groups in total. The Morgan fingerprint density at radius 3 is 2.63 bits per heavy atom. The first kappa shape index (κ1) is 15.6. The van der Waals surface area contributed by atoms with E-state index >= 15 is 0 Å². The highest BCUT2D eigenvalue weighted by Crippen LogP contribution is 2.20. The Bertz CT molecular complexity index is 439. The van der Waals surface area contributed by atoms with Crippen LogP contribution in [0.5, 0.6) is 0 Å². The number of rotatable bonds is 6. The minimum Gasteiger partial charge on any atom is -0.375 e. The van der Waals surface area contributed by atoms with Gasteiger partial charge in [-0.1, -0.05) is 12.1 Å². The third-order valence-electron chi connectivity index (χ3n) is 2.74. The smallest absolute Gasteiger partial charge is 0.272 e. The third-order valence-corrected chi connectivity index (χ3v) is 2.74. The van der Waals surface area contributed by atoms with E-state index in [1.165, 1.54) is 6.07 Å². The number of nitro groups is 1. The summed E-state index contributed by atoms with van der Waals surface area (Å²) >= 11 is 0. The average molecular weight is 266 g/mol. The first-order valence-corrected chi connectivity index (χ1v) is 6.39. The molecule has 5 heteroatoms. The van der Waals surface area contributed by atoms with Crippen molar-refractivity contribution < 1.29 is 9.66 Å². The highest BCUT2D eigenvalue weighted by atomic mass is 16.6. The number of hydrogen-bond acceptors (Lipinski definition) is 4. The molecular formula is C14H22N2O3. The first-order chi connectivity index (χ1) is 8.81. The minimum atomic E-state index is -0.346. The summed E-state index contributed by atoms with van der Waals surface area (Å²) in [5.74, 6) is 0. The van der Waals surface area contributed by atoms with Crippen molar-refractivity contribution in [2.45, 2.75) is 39.8 Å². The van der Waals surface area contributed by atoms with Gasteiger partial charge in [-0.15, -0.1) is 0 Å². The Hall–Kier alpha value is -1.46. The van der Waals surface area contributed by atoms with Crippen molar-refractivity contribution in [3.05, 3.63) is 39.4 Å². The fourth-order valence-corrected chi connectivity index (χ4v) is 1.71. The first-order valence-electron chi connectivity index (χ1n) is 6.39. The van der Waals surface area contributed by atoms with Gasteiger partial charge in [0, 0.05) is 24.7 Å². The number of nitro benzene ring substituents is 1. The van der Waals surface area contributed by atoms with E-state index in [-0.39, 0.29) is 16.2 Å². The second-order valence-electron chi connectivity index (χ2n) is 5.46. The molecule has 0 heterocycles. The maximum atomic E-state index is 10.8. The van der Waals surface area contributed by atoms with Gasteiger partial charge < -0.3 is 10.1 Å². The highest BCUT2D eigenvalue weighted by molar-refractivity contribution is 5.44. The fraction of sp³-hybridized carbons (Fsp3) is 0.571. The Balaban J connectivity index is 2.46. The average Bonchev–Trinajstić information content (AvgIpc) is 2.28. The Morgan fingerprint density at radius 1 is 1.37 bits per heavy atom. The molecule has 1 aromatic carbocycles. The lowest BCUT2D eigenvalue weighted by molar-refractivity contribution is -0.385. The summed E-state index contributed by atoms with van der Waals surface area (Å²) in [6, 6.07) is 5.15. The van der Waals surface area contributed by atoms with E-state index in [0.717, 1.165) is 17.7 Å². The van der Waals surface area contributed by atoms with Gasteiger partial charge in [0.25, 0.3) is 5.69 Å². The van der Waals surface area contributed by atoms with E-state index in [0.29, 0.717) is 13.2 Å². The van der Waals surface area contributed by atoms with E-state index in [1.807, 2.05) is 26.8 Å². The molecule has 0 fully saturated rings. The van der Waals surface area contributed by atoms with Crippen molar-refractivity contribution in [1.82, 2.24) is 5.32 Å². The molecule has 5 nitrogen and oxygen atoms in total. The summed E-state index contributed by atoms with van der Waals surface area (Å²) < 4.78 is 5.59. The van der Waals surface area contributed by atoms with Crippen molar-refractivity contribution in [1.29, 1.82) is 0 Å². The van der Waals surface area contributed by atoms with E-state index in [9.17, 15) is 10.1 Å². The number of hydrogen-bond donors (Lipinski definition) is 1. The van der Waals surface area contributed by atoms with Crippen LogP contribution in [0.2, 0.25) is 0 Å². The topological polar surface area (TPSA) is 64.4 Å². The summed E-state index contributed by atoms with van der Waals surface area (Å²) in [5.41, 5.74) is 1.70. The minimum absolute atomic E-state index is 0.136. The SMILES string of the molecule is Cc1c(CNCCOC(C)(C)C)cccc1[N+](=O)[O-]. The van der Waals surface area contributed by atoms with Gasteiger partial charge in [-0.05, 0) is 33.3 Å². The van der Waals surface area contributed by atoms with Gasteiger partial charge in [-0.3, -0.25) is 10.1 Å². The zero-order valence-electron chi connectivity index (χ0n) is 12.0. The summed E-state index contributed by atoms with van der Waals surface area (Å²) in [6.45, 7) is 9.77. The molecule has 1 aromatic rings. The predicted octanol–water partition coefficient (Wildman–Crippen LogP) is 2.81. The van der Waals surface area contributed by atoms with E-state index < -0.39 is 0 Å². The van der Waals surface area contributed by atoms with Crippen LogP contribution in [0.15, 0.2) is 18.2 Å². The van der Waals surface area contributed by atoms with Gasteiger partial charge in [0.05, 0.1) is 17.1 Å². The zero-order valence-corrected chi connectivity index (χ0v) is 12.0. The molecule has 0 bridgehead atoms. The van der Waals surface area contributed by atoms with Crippen LogP contribution in [0.3, 0.4) is 0 Å². The molecule has 0 unspecified atom stereocenters. The molecule has 0 amide bonds. The second kappa shape index (κ2) is 6.63. The van der Waals surface area contributed by atoms with Crippen LogP contribution in [0.1, 0.15) is 31.9 Å². The van der Waals surface area contributed by atoms with Crippen molar-refractivity contribution in [3.8, 4) is 0 Å². The van der Waals surface area contributed by atoms with E-state index in [4.69, 9.17) is 4.74 Å². The van der Waals surface area contributed by atoms with E-state index in [1.54, 1.807) is 13.0 Å². The molecule has 106 valence electrons. The van der Waals surface area contributed by atoms with Crippen molar-refractivity contribution in [2.24, 2.45) is 0 Å². The van der Waals surface area contributed by atoms with Crippen molar-refractivity contribution in [3.63, 3.8) is 0 Å². The zero-order chi connectivity index (χ0) is 14.5. The van der Waals surface area contributed by atoms with Crippen LogP contribution >= 0.6 is 0 Å². The van der Waals surface area contributed by atoms with Crippen LogP contribution in [-0.2, 0) is 11.3 Å². The Morgan fingerprint density at radius 2 is 2.05 bits per heavy atom.